The number of carbonyl (C=O) groups is 1. The van der Waals surface area contributed by atoms with Crippen LogP contribution >= 0.6 is 11.6 Å². The van der Waals surface area contributed by atoms with E-state index in [-0.39, 0.29) is 6.54 Å². The number of anilines is 1. The highest BCUT2D eigenvalue weighted by Crippen LogP contribution is 2.28. The van der Waals surface area contributed by atoms with Gasteiger partial charge in [0.05, 0.1) is 25.2 Å². The van der Waals surface area contributed by atoms with E-state index in [1.165, 1.54) is 6.07 Å². The molecule has 0 saturated heterocycles. The summed E-state index contributed by atoms with van der Waals surface area (Å²) in [6.45, 7) is 4.89. The van der Waals surface area contributed by atoms with Gasteiger partial charge >= 0.3 is 0 Å². The monoisotopic (exact) mass is 454 g/mol. The number of hydrogen-bond donors (Lipinski definition) is 1. The Kier molecular flexibility index (Phi) is 8.80. The van der Waals surface area contributed by atoms with Crippen LogP contribution < -0.4 is 19.1 Å². The average molecular weight is 455 g/mol. The SMILES string of the molecule is CCOc1ccc(CCNC(=O)CN(c2cccc(Cl)c2)S(C)(=O)=O)cc1OCC. The fourth-order valence-electron chi connectivity index (χ4n) is 2.81. The molecule has 0 aliphatic heterocycles. The lowest BCUT2D eigenvalue weighted by atomic mass is 10.1. The molecule has 9 heteroatoms. The van der Waals surface area contributed by atoms with Crippen molar-refractivity contribution in [1.29, 1.82) is 0 Å². The molecule has 0 bridgehead atoms. The Bertz CT molecular complexity index is 966. The van der Waals surface area contributed by atoms with E-state index in [0.29, 0.717) is 48.4 Å². The lowest BCUT2D eigenvalue weighted by Crippen LogP contribution is -2.40. The van der Waals surface area contributed by atoms with E-state index in [9.17, 15) is 13.2 Å². The molecule has 30 heavy (non-hydrogen) atoms. The summed E-state index contributed by atoms with van der Waals surface area (Å²) in [7, 11) is -3.65. The normalized spacial score (nSPS) is 11.1. The van der Waals surface area contributed by atoms with Gasteiger partial charge in [0.1, 0.15) is 6.54 Å². The van der Waals surface area contributed by atoms with Crippen molar-refractivity contribution in [1.82, 2.24) is 5.32 Å². The topological polar surface area (TPSA) is 84.9 Å². The van der Waals surface area contributed by atoms with Crippen molar-refractivity contribution in [2.24, 2.45) is 0 Å². The maximum atomic E-state index is 12.4. The van der Waals surface area contributed by atoms with Crippen molar-refractivity contribution in [3.05, 3.63) is 53.1 Å². The number of ether oxygens (including phenoxy) is 2. The van der Waals surface area contributed by atoms with Crippen LogP contribution in [0.1, 0.15) is 19.4 Å². The first-order valence-electron chi connectivity index (χ1n) is 9.63. The van der Waals surface area contributed by atoms with Crippen LogP contribution in [0.5, 0.6) is 11.5 Å². The standard InChI is InChI=1S/C21H27ClN2O5S/c1-4-28-19-10-9-16(13-20(19)29-5-2)11-12-23-21(25)15-24(30(3,26)27)18-8-6-7-17(22)14-18/h6-10,13-14H,4-5,11-12,15H2,1-3H3,(H,23,25). The van der Waals surface area contributed by atoms with Crippen molar-refractivity contribution in [2.45, 2.75) is 20.3 Å². The second-order valence-corrected chi connectivity index (χ2v) is 8.84. The second-order valence-electron chi connectivity index (χ2n) is 6.50. The predicted molar refractivity (Wildman–Crippen MR) is 119 cm³/mol. The van der Waals surface area contributed by atoms with E-state index < -0.39 is 15.9 Å². The highest BCUT2D eigenvalue weighted by molar-refractivity contribution is 7.92. The molecule has 0 aliphatic carbocycles. The van der Waals surface area contributed by atoms with Crippen LogP contribution in [-0.4, -0.2) is 46.9 Å². The number of sulfonamides is 1. The van der Waals surface area contributed by atoms with Crippen LogP contribution in [-0.2, 0) is 21.2 Å². The van der Waals surface area contributed by atoms with Gasteiger partial charge in [-0.15, -0.1) is 0 Å². The van der Waals surface area contributed by atoms with Gasteiger partial charge in [-0.25, -0.2) is 8.42 Å². The van der Waals surface area contributed by atoms with Gasteiger partial charge in [0.25, 0.3) is 0 Å². The average Bonchev–Trinajstić information content (AvgIpc) is 2.67. The van der Waals surface area contributed by atoms with E-state index in [1.807, 2.05) is 32.0 Å². The molecule has 0 radical (unpaired) electrons. The molecular weight excluding hydrogens is 428 g/mol. The van der Waals surface area contributed by atoms with Crippen molar-refractivity contribution in [3.63, 3.8) is 0 Å². The predicted octanol–water partition coefficient (Wildman–Crippen LogP) is 3.26. The largest absolute Gasteiger partial charge is 0.490 e. The summed E-state index contributed by atoms with van der Waals surface area (Å²) in [4.78, 5) is 12.4. The summed E-state index contributed by atoms with van der Waals surface area (Å²) in [6.07, 6.45) is 1.62. The molecule has 0 heterocycles. The molecule has 1 amide bonds. The highest BCUT2D eigenvalue weighted by Gasteiger charge is 2.21. The van der Waals surface area contributed by atoms with Crippen LogP contribution in [0, 0.1) is 0 Å². The summed E-state index contributed by atoms with van der Waals surface area (Å²) in [5.74, 6) is 0.932. The van der Waals surface area contributed by atoms with Crippen LogP contribution in [0.25, 0.3) is 0 Å². The Morgan fingerprint density at radius 2 is 1.77 bits per heavy atom. The van der Waals surface area contributed by atoms with Crippen LogP contribution in [0.3, 0.4) is 0 Å². The van der Waals surface area contributed by atoms with Crippen molar-refractivity contribution < 1.29 is 22.7 Å². The van der Waals surface area contributed by atoms with Gasteiger partial charge in [0.2, 0.25) is 15.9 Å². The molecule has 7 nitrogen and oxygen atoms in total. The number of halogens is 1. The van der Waals surface area contributed by atoms with E-state index in [2.05, 4.69) is 5.32 Å². The maximum absolute atomic E-state index is 12.4. The molecule has 2 rings (SSSR count). The third kappa shape index (κ3) is 7.11. The molecule has 2 aromatic carbocycles. The minimum atomic E-state index is -3.65. The van der Waals surface area contributed by atoms with Crippen LogP contribution in [0.4, 0.5) is 5.69 Å². The Morgan fingerprint density at radius 3 is 2.40 bits per heavy atom. The number of benzene rings is 2. The third-order valence-electron chi connectivity index (χ3n) is 4.13. The fourth-order valence-corrected chi connectivity index (χ4v) is 3.85. The van der Waals surface area contributed by atoms with Crippen LogP contribution in [0.15, 0.2) is 42.5 Å². The summed E-state index contributed by atoms with van der Waals surface area (Å²) in [5.41, 5.74) is 1.31. The Morgan fingerprint density at radius 1 is 1.07 bits per heavy atom. The van der Waals surface area contributed by atoms with Crippen molar-refractivity contribution >= 4 is 33.2 Å². The van der Waals surface area contributed by atoms with Gasteiger partial charge in [-0.2, -0.15) is 0 Å². The van der Waals surface area contributed by atoms with E-state index in [1.54, 1.807) is 18.2 Å². The molecule has 0 aromatic heterocycles. The first-order chi connectivity index (χ1) is 14.2. The minimum Gasteiger partial charge on any atom is -0.490 e. The zero-order valence-electron chi connectivity index (χ0n) is 17.4. The molecule has 0 saturated carbocycles. The molecule has 0 spiro atoms. The van der Waals surface area contributed by atoms with E-state index in [4.69, 9.17) is 21.1 Å². The summed E-state index contributed by atoms with van der Waals surface area (Å²) in [5, 5.41) is 3.15. The van der Waals surface area contributed by atoms with Gasteiger partial charge in [-0.05, 0) is 56.2 Å². The third-order valence-corrected chi connectivity index (χ3v) is 5.50. The molecule has 0 fully saturated rings. The molecule has 0 unspecified atom stereocenters. The van der Waals surface area contributed by atoms with Crippen molar-refractivity contribution in [3.8, 4) is 11.5 Å². The van der Waals surface area contributed by atoms with E-state index >= 15 is 0 Å². The fraction of sp³-hybridized carbons (Fsp3) is 0.381. The first kappa shape index (κ1) is 23.8. The molecule has 1 N–H and O–H groups in total. The Labute approximate surface area is 183 Å². The number of nitrogens with zero attached hydrogens (tertiary/aromatic N) is 1. The minimum absolute atomic E-state index is 0.327. The Hall–Kier alpha value is -2.45. The summed E-state index contributed by atoms with van der Waals surface area (Å²) < 4.78 is 36.5. The van der Waals surface area contributed by atoms with Gasteiger partial charge in [-0.3, -0.25) is 9.10 Å². The second kappa shape index (κ2) is 11.1. The van der Waals surface area contributed by atoms with Gasteiger partial charge in [0, 0.05) is 11.6 Å². The highest BCUT2D eigenvalue weighted by atomic mass is 35.5. The maximum Gasteiger partial charge on any atom is 0.240 e. The number of rotatable bonds is 11. The molecular formula is C21H27ClN2O5S. The van der Waals surface area contributed by atoms with Gasteiger partial charge in [-0.1, -0.05) is 23.7 Å². The first-order valence-corrected chi connectivity index (χ1v) is 11.9. The van der Waals surface area contributed by atoms with Gasteiger partial charge < -0.3 is 14.8 Å². The van der Waals surface area contributed by atoms with Crippen LogP contribution in [0.2, 0.25) is 5.02 Å². The molecule has 0 atom stereocenters. The number of nitrogens with one attached hydrogen (secondary N) is 1. The molecule has 0 aliphatic rings. The Balaban J connectivity index is 1.98. The number of carbonyl (C=O) groups excluding carboxylic acids is 1. The lowest BCUT2D eigenvalue weighted by Gasteiger charge is -2.22. The van der Waals surface area contributed by atoms with Gasteiger partial charge in [0.15, 0.2) is 11.5 Å². The number of hydrogen-bond acceptors (Lipinski definition) is 5. The smallest absolute Gasteiger partial charge is 0.240 e. The van der Waals surface area contributed by atoms with E-state index in [0.717, 1.165) is 16.1 Å². The quantitative estimate of drug-likeness (QED) is 0.563. The molecule has 164 valence electrons. The summed E-state index contributed by atoms with van der Waals surface area (Å²) in [6, 6.07) is 12.0. The van der Waals surface area contributed by atoms with Crippen molar-refractivity contribution in [2.75, 3.05) is 36.9 Å². The lowest BCUT2D eigenvalue weighted by molar-refractivity contribution is -0.119. The zero-order chi connectivity index (χ0) is 22.1. The summed E-state index contributed by atoms with van der Waals surface area (Å²) >= 11 is 5.95. The molecule has 2 aromatic rings. The number of amides is 1. The zero-order valence-corrected chi connectivity index (χ0v) is 18.9.